The molecule has 0 aromatic carbocycles. The van der Waals surface area contributed by atoms with Crippen molar-refractivity contribution >= 4 is 15.9 Å². The first kappa shape index (κ1) is 9.00. The van der Waals surface area contributed by atoms with Gasteiger partial charge in [0.05, 0.1) is 11.2 Å². The summed E-state index contributed by atoms with van der Waals surface area (Å²) < 4.78 is 22.5. The zero-order chi connectivity index (χ0) is 9.57. The molecule has 0 saturated carbocycles. The topological polar surface area (TPSA) is 78.2 Å². The second-order valence-corrected chi connectivity index (χ2v) is 5.13. The Morgan fingerprint density at radius 1 is 1.58 bits per heavy atom. The molecule has 0 aromatic heterocycles. The van der Waals surface area contributed by atoms with E-state index in [1.807, 2.05) is 0 Å². The Morgan fingerprint density at radius 3 is 2.25 bits per heavy atom. The van der Waals surface area contributed by atoms with Gasteiger partial charge in [0.2, 0.25) is 6.19 Å². The minimum atomic E-state index is -3.67. The number of rotatable bonds is 0. The van der Waals surface area contributed by atoms with Gasteiger partial charge in [-0.2, -0.15) is 5.26 Å². The summed E-state index contributed by atoms with van der Waals surface area (Å²) in [6.45, 7) is 3.01. The first-order valence-electron chi connectivity index (χ1n) is 3.28. The Balaban J connectivity index is 3.25. The van der Waals surface area contributed by atoms with E-state index in [1.165, 1.54) is 20.0 Å². The van der Waals surface area contributed by atoms with Crippen LogP contribution in [0.25, 0.3) is 0 Å². The summed E-state index contributed by atoms with van der Waals surface area (Å²) in [6.07, 6.45) is 1.36. The second-order valence-electron chi connectivity index (χ2n) is 3.31. The third-order valence-electron chi connectivity index (χ3n) is 1.68. The molecule has 1 fully saturated rings. The normalized spacial score (nSPS) is 25.4. The van der Waals surface area contributed by atoms with E-state index >= 15 is 0 Å². The van der Waals surface area contributed by atoms with Gasteiger partial charge in [-0.1, -0.05) is 0 Å². The molecule has 0 unspecified atom stereocenters. The lowest BCUT2D eigenvalue weighted by Gasteiger charge is -2.09. The van der Waals surface area contributed by atoms with Crippen molar-refractivity contribution in [2.45, 2.75) is 13.8 Å². The monoisotopic (exact) mass is 188 g/mol. The maximum atomic E-state index is 11.2. The molecule has 1 heterocycles. The van der Waals surface area contributed by atoms with Crippen LogP contribution in [0, 0.1) is 16.9 Å². The average molecular weight is 188 g/mol. The smallest absolute Gasteiger partial charge is 0.256 e. The number of amides is 1. The van der Waals surface area contributed by atoms with Gasteiger partial charge in [-0.15, -0.1) is 4.31 Å². The van der Waals surface area contributed by atoms with Gasteiger partial charge in [0.1, 0.15) is 0 Å². The third kappa shape index (κ3) is 1.06. The minimum absolute atomic E-state index is 0.257. The van der Waals surface area contributed by atoms with Crippen LogP contribution in [-0.4, -0.2) is 24.4 Å². The van der Waals surface area contributed by atoms with E-state index in [0.717, 1.165) is 0 Å². The largest absolute Gasteiger partial charge is 0.272 e. The maximum Gasteiger partial charge on any atom is 0.256 e. The number of carbonyl (C=O) groups excluding carboxylic acids is 1. The molecule has 1 aliphatic rings. The molecule has 1 saturated heterocycles. The van der Waals surface area contributed by atoms with Gasteiger partial charge < -0.3 is 0 Å². The highest BCUT2D eigenvalue weighted by molar-refractivity contribution is 7.90. The summed E-state index contributed by atoms with van der Waals surface area (Å²) in [5.74, 6) is -0.933. The van der Waals surface area contributed by atoms with E-state index in [9.17, 15) is 13.2 Å². The standard InChI is InChI=1S/C6H8N2O3S/c1-6(2)3-12(10,11)8(4-7)5(6)9/h3H2,1-2H3. The van der Waals surface area contributed by atoms with Crippen LogP contribution >= 0.6 is 0 Å². The van der Waals surface area contributed by atoms with Crippen LogP contribution in [0.3, 0.4) is 0 Å². The fourth-order valence-electron chi connectivity index (χ4n) is 1.09. The Hall–Kier alpha value is -1.09. The SMILES string of the molecule is CC1(C)CS(=O)(=O)N(C#N)C1=O. The van der Waals surface area contributed by atoms with Crippen LogP contribution in [0.1, 0.15) is 13.8 Å². The molecule has 6 heteroatoms. The van der Waals surface area contributed by atoms with Crippen molar-refractivity contribution in [3.63, 3.8) is 0 Å². The Labute approximate surface area is 70.6 Å². The quantitative estimate of drug-likeness (QED) is 0.487. The van der Waals surface area contributed by atoms with Gasteiger partial charge in [-0.05, 0) is 13.8 Å². The third-order valence-corrected chi connectivity index (χ3v) is 3.57. The fourth-order valence-corrected chi connectivity index (χ4v) is 2.88. The molecule has 1 amide bonds. The molecule has 0 atom stereocenters. The van der Waals surface area contributed by atoms with Gasteiger partial charge in [0, 0.05) is 0 Å². The molecule has 0 spiro atoms. The van der Waals surface area contributed by atoms with Crippen molar-refractivity contribution in [2.24, 2.45) is 5.41 Å². The van der Waals surface area contributed by atoms with Gasteiger partial charge in [0.25, 0.3) is 15.9 Å². The Morgan fingerprint density at radius 2 is 2.08 bits per heavy atom. The van der Waals surface area contributed by atoms with Crippen molar-refractivity contribution in [3.05, 3.63) is 0 Å². The molecule has 66 valence electrons. The molecule has 0 bridgehead atoms. The van der Waals surface area contributed by atoms with E-state index in [4.69, 9.17) is 5.26 Å². The summed E-state index contributed by atoms with van der Waals surface area (Å²) in [5.41, 5.74) is -0.964. The highest BCUT2D eigenvalue weighted by Gasteiger charge is 2.49. The molecule has 0 aromatic rings. The first-order valence-corrected chi connectivity index (χ1v) is 4.89. The molecule has 1 rings (SSSR count). The predicted molar refractivity (Wildman–Crippen MR) is 40.0 cm³/mol. The van der Waals surface area contributed by atoms with E-state index < -0.39 is 21.3 Å². The maximum absolute atomic E-state index is 11.2. The van der Waals surface area contributed by atoms with E-state index in [2.05, 4.69) is 0 Å². The molecule has 0 N–H and O–H groups in total. The van der Waals surface area contributed by atoms with E-state index in [-0.39, 0.29) is 10.1 Å². The van der Waals surface area contributed by atoms with Crippen LogP contribution in [0.5, 0.6) is 0 Å². The predicted octanol–water partition coefficient (Wildman–Crippen LogP) is -0.334. The van der Waals surface area contributed by atoms with Crippen molar-refractivity contribution in [1.29, 1.82) is 5.26 Å². The summed E-state index contributed by atoms with van der Waals surface area (Å²) >= 11 is 0. The average Bonchev–Trinajstić information content (AvgIpc) is 1.98. The van der Waals surface area contributed by atoms with Crippen molar-refractivity contribution in [3.8, 4) is 6.19 Å². The van der Waals surface area contributed by atoms with Gasteiger partial charge in [-0.3, -0.25) is 4.79 Å². The molecule has 5 nitrogen and oxygen atoms in total. The lowest BCUT2D eigenvalue weighted by atomic mass is 9.96. The zero-order valence-corrected chi connectivity index (χ0v) is 7.55. The van der Waals surface area contributed by atoms with E-state index in [1.54, 1.807) is 0 Å². The summed E-state index contributed by atoms with van der Waals surface area (Å²) in [4.78, 5) is 11.2. The Bertz CT molecular complexity index is 363. The second kappa shape index (κ2) is 2.20. The molecule has 12 heavy (non-hydrogen) atoms. The van der Waals surface area contributed by atoms with Gasteiger partial charge >= 0.3 is 0 Å². The minimum Gasteiger partial charge on any atom is -0.272 e. The highest BCUT2D eigenvalue weighted by atomic mass is 32.2. The number of nitrogens with zero attached hydrogens (tertiary/aromatic N) is 2. The highest BCUT2D eigenvalue weighted by Crippen LogP contribution is 2.30. The van der Waals surface area contributed by atoms with Crippen molar-refractivity contribution in [2.75, 3.05) is 5.75 Å². The van der Waals surface area contributed by atoms with Gasteiger partial charge in [0.15, 0.2) is 0 Å². The Kier molecular flexibility index (Phi) is 1.65. The van der Waals surface area contributed by atoms with E-state index in [0.29, 0.717) is 0 Å². The van der Waals surface area contributed by atoms with Crippen LogP contribution in [0.2, 0.25) is 0 Å². The van der Waals surface area contributed by atoms with Crippen molar-refractivity contribution < 1.29 is 13.2 Å². The molecule has 1 aliphatic heterocycles. The summed E-state index contributed by atoms with van der Waals surface area (Å²) in [6, 6.07) is 0. The molecular formula is C6H8N2O3S. The molecular weight excluding hydrogens is 180 g/mol. The lowest BCUT2D eigenvalue weighted by Crippen LogP contribution is -2.28. The summed E-state index contributed by atoms with van der Waals surface area (Å²) in [7, 11) is -3.67. The molecule has 0 radical (unpaired) electrons. The van der Waals surface area contributed by atoms with Crippen LogP contribution in [-0.2, 0) is 14.8 Å². The van der Waals surface area contributed by atoms with Gasteiger partial charge in [-0.25, -0.2) is 8.42 Å². The van der Waals surface area contributed by atoms with Crippen LogP contribution in [0.4, 0.5) is 0 Å². The molecule has 0 aliphatic carbocycles. The summed E-state index contributed by atoms with van der Waals surface area (Å²) in [5, 5.41) is 8.38. The van der Waals surface area contributed by atoms with Crippen LogP contribution in [0.15, 0.2) is 0 Å². The van der Waals surface area contributed by atoms with Crippen molar-refractivity contribution in [1.82, 2.24) is 4.31 Å². The number of hydrogen-bond donors (Lipinski definition) is 0. The number of carbonyl (C=O) groups is 1. The zero-order valence-electron chi connectivity index (χ0n) is 6.73. The number of nitriles is 1. The van der Waals surface area contributed by atoms with Crippen LogP contribution < -0.4 is 0 Å². The fraction of sp³-hybridized carbons (Fsp3) is 0.667. The first-order chi connectivity index (χ1) is 5.31. The number of sulfonamides is 1. The lowest BCUT2D eigenvalue weighted by molar-refractivity contribution is -0.130. The number of hydrogen-bond acceptors (Lipinski definition) is 4.